The summed E-state index contributed by atoms with van der Waals surface area (Å²) in [6, 6.07) is 6.94. The fraction of sp³-hybridized carbons (Fsp3) is 0.391. The number of rotatable bonds is 3. The standard InChI is InChI=1S/C21H20F2N4O2.C2HF3O2/c22-21(23)8-11-27(20(28)15-4-2-10-26-12-9-24-19(15)26)13-17(21)29-18-7-6-14-3-1-5-16(14)25-18;3-2(4,5)1(6)7/h2,4,6-7,9-10,12,17H,1,3,5,8,11,13H2;(H,6,7)/t17-;/m0./s1. The lowest BCUT2D eigenvalue weighted by molar-refractivity contribution is -0.192. The van der Waals surface area contributed by atoms with Crippen LogP contribution in [0, 0.1) is 0 Å². The molecule has 8 nitrogen and oxygen atoms in total. The minimum Gasteiger partial charge on any atom is -0.475 e. The number of aromatic nitrogens is 3. The lowest BCUT2D eigenvalue weighted by Crippen LogP contribution is -2.55. The van der Waals surface area contributed by atoms with Crippen molar-refractivity contribution in [3.63, 3.8) is 0 Å². The number of hydrogen-bond donors (Lipinski definition) is 1. The molecule has 3 aromatic heterocycles. The fourth-order valence-corrected chi connectivity index (χ4v) is 4.08. The van der Waals surface area contributed by atoms with Crippen LogP contribution in [0.1, 0.15) is 34.5 Å². The summed E-state index contributed by atoms with van der Waals surface area (Å²) in [5.74, 6) is -5.92. The van der Waals surface area contributed by atoms with Gasteiger partial charge in [-0.25, -0.2) is 23.5 Å². The normalized spacial score (nSPS) is 18.8. The maximum absolute atomic E-state index is 14.6. The minimum absolute atomic E-state index is 0.0366. The molecule has 0 bridgehead atoms. The Morgan fingerprint density at radius 3 is 2.61 bits per heavy atom. The first-order chi connectivity index (χ1) is 17.0. The smallest absolute Gasteiger partial charge is 0.475 e. The number of pyridine rings is 2. The van der Waals surface area contributed by atoms with Gasteiger partial charge in [-0.05, 0) is 37.0 Å². The molecule has 0 aromatic carbocycles. The van der Waals surface area contributed by atoms with Gasteiger partial charge in [0.05, 0.1) is 12.1 Å². The second-order valence-corrected chi connectivity index (χ2v) is 8.36. The van der Waals surface area contributed by atoms with E-state index in [9.17, 15) is 26.7 Å². The quantitative estimate of drug-likeness (QED) is 0.537. The third-order valence-corrected chi connectivity index (χ3v) is 5.92. The van der Waals surface area contributed by atoms with Crippen molar-refractivity contribution < 1.29 is 41.4 Å². The Morgan fingerprint density at radius 1 is 1.14 bits per heavy atom. The van der Waals surface area contributed by atoms with Crippen molar-refractivity contribution in [3.8, 4) is 5.88 Å². The SMILES string of the molecule is O=C(O)C(F)(F)F.O=C(c1cccn2ccnc12)N1CCC(F)(F)[C@@H](Oc2ccc3c(n2)CCC3)C1. The highest BCUT2D eigenvalue weighted by Crippen LogP contribution is 2.33. The number of nitrogens with zero attached hydrogens (tertiary/aromatic N) is 4. The van der Waals surface area contributed by atoms with Crippen LogP contribution >= 0.6 is 0 Å². The van der Waals surface area contributed by atoms with Crippen molar-refractivity contribution in [2.24, 2.45) is 0 Å². The Morgan fingerprint density at radius 2 is 1.89 bits per heavy atom. The number of fused-ring (bicyclic) bond motifs is 2. The molecule has 0 spiro atoms. The van der Waals surface area contributed by atoms with E-state index >= 15 is 0 Å². The van der Waals surface area contributed by atoms with Crippen LogP contribution in [-0.2, 0) is 17.6 Å². The molecule has 1 saturated heterocycles. The maximum Gasteiger partial charge on any atom is 0.490 e. The predicted molar refractivity (Wildman–Crippen MR) is 115 cm³/mol. The molecule has 1 atom stereocenters. The van der Waals surface area contributed by atoms with Crippen LogP contribution in [0.25, 0.3) is 5.65 Å². The number of imidazole rings is 1. The number of aryl methyl sites for hydroxylation is 2. The van der Waals surface area contributed by atoms with E-state index in [0.29, 0.717) is 11.2 Å². The number of ether oxygens (including phenoxy) is 1. The maximum atomic E-state index is 14.6. The number of carboxylic acids is 1. The summed E-state index contributed by atoms with van der Waals surface area (Å²) in [5, 5.41) is 7.12. The van der Waals surface area contributed by atoms with Crippen LogP contribution in [0.4, 0.5) is 22.0 Å². The number of carbonyl (C=O) groups is 2. The molecular weight excluding hydrogens is 491 g/mol. The van der Waals surface area contributed by atoms with Crippen LogP contribution in [0.3, 0.4) is 0 Å². The summed E-state index contributed by atoms with van der Waals surface area (Å²) in [4.78, 5) is 32.0. The van der Waals surface area contributed by atoms with Gasteiger partial charge in [-0.15, -0.1) is 0 Å². The van der Waals surface area contributed by atoms with Crippen LogP contribution in [0.15, 0.2) is 42.9 Å². The summed E-state index contributed by atoms with van der Waals surface area (Å²) in [5.41, 5.74) is 2.96. The van der Waals surface area contributed by atoms with E-state index < -0.39 is 30.6 Å². The van der Waals surface area contributed by atoms with E-state index in [1.54, 1.807) is 41.2 Å². The van der Waals surface area contributed by atoms with Gasteiger partial charge in [0.25, 0.3) is 11.8 Å². The number of likely N-dealkylation sites (tertiary alicyclic amines) is 1. The number of amides is 1. The molecule has 0 radical (unpaired) electrons. The van der Waals surface area contributed by atoms with Crippen LogP contribution < -0.4 is 4.74 Å². The van der Waals surface area contributed by atoms with Crippen molar-refractivity contribution in [1.82, 2.24) is 19.3 Å². The largest absolute Gasteiger partial charge is 0.490 e. The molecule has 3 aromatic rings. The molecule has 1 aliphatic heterocycles. The van der Waals surface area contributed by atoms with Crippen LogP contribution in [0.5, 0.6) is 5.88 Å². The Balaban J connectivity index is 0.000000384. The van der Waals surface area contributed by atoms with E-state index in [4.69, 9.17) is 14.6 Å². The Kier molecular flexibility index (Phi) is 6.83. The number of hydrogen-bond acceptors (Lipinski definition) is 5. The Hall–Kier alpha value is -3.77. The second kappa shape index (κ2) is 9.70. The predicted octanol–water partition coefficient (Wildman–Crippen LogP) is 3.78. The summed E-state index contributed by atoms with van der Waals surface area (Å²) < 4.78 is 68.2. The molecule has 1 fully saturated rings. The first kappa shape index (κ1) is 25.3. The van der Waals surface area contributed by atoms with Crippen molar-refractivity contribution in [2.45, 2.75) is 43.9 Å². The second-order valence-electron chi connectivity index (χ2n) is 8.36. The van der Waals surface area contributed by atoms with Gasteiger partial charge in [0.15, 0.2) is 6.10 Å². The highest BCUT2D eigenvalue weighted by molar-refractivity contribution is 5.99. The molecule has 4 heterocycles. The number of halogens is 5. The average molecular weight is 512 g/mol. The van der Waals surface area contributed by atoms with E-state index in [1.165, 1.54) is 4.90 Å². The van der Waals surface area contributed by atoms with Crippen LogP contribution in [0.2, 0.25) is 0 Å². The third kappa shape index (κ3) is 5.39. The molecule has 192 valence electrons. The zero-order chi connectivity index (χ0) is 26.1. The highest BCUT2D eigenvalue weighted by Gasteiger charge is 2.47. The van der Waals surface area contributed by atoms with Gasteiger partial charge in [0.1, 0.15) is 5.65 Å². The number of carboxylic acid groups (broad SMARTS) is 1. The molecule has 5 rings (SSSR count). The zero-order valence-electron chi connectivity index (χ0n) is 18.7. The number of alkyl halides is 5. The van der Waals surface area contributed by atoms with E-state index in [0.717, 1.165) is 30.5 Å². The summed E-state index contributed by atoms with van der Waals surface area (Å²) in [6.45, 7) is -0.239. The Labute approximate surface area is 201 Å². The van der Waals surface area contributed by atoms with Crippen molar-refractivity contribution in [2.75, 3.05) is 13.1 Å². The van der Waals surface area contributed by atoms with Gasteiger partial charge in [0.2, 0.25) is 5.88 Å². The molecule has 36 heavy (non-hydrogen) atoms. The van der Waals surface area contributed by atoms with Gasteiger partial charge < -0.3 is 19.1 Å². The molecule has 1 N–H and O–H groups in total. The van der Waals surface area contributed by atoms with Crippen molar-refractivity contribution in [3.05, 3.63) is 59.7 Å². The summed E-state index contributed by atoms with van der Waals surface area (Å²) >= 11 is 0. The van der Waals surface area contributed by atoms with E-state index in [-0.39, 0.29) is 24.9 Å². The lowest BCUT2D eigenvalue weighted by Gasteiger charge is -2.38. The molecule has 1 aliphatic carbocycles. The zero-order valence-corrected chi connectivity index (χ0v) is 18.7. The fourth-order valence-electron chi connectivity index (χ4n) is 4.08. The highest BCUT2D eigenvalue weighted by atomic mass is 19.4. The van der Waals surface area contributed by atoms with Gasteiger partial charge in [-0.1, -0.05) is 6.07 Å². The van der Waals surface area contributed by atoms with E-state index in [1.807, 2.05) is 6.07 Å². The summed E-state index contributed by atoms with van der Waals surface area (Å²) in [7, 11) is 0. The van der Waals surface area contributed by atoms with Gasteiger partial charge in [-0.3, -0.25) is 4.79 Å². The first-order valence-corrected chi connectivity index (χ1v) is 11.0. The summed E-state index contributed by atoms with van der Waals surface area (Å²) in [6.07, 6.45) is 0.972. The number of piperidine rings is 1. The minimum atomic E-state index is -5.08. The molecule has 13 heteroatoms. The number of carbonyl (C=O) groups excluding carboxylic acids is 1. The molecule has 0 unspecified atom stereocenters. The first-order valence-electron chi connectivity index (χ1n) is 11.0. The monoisotopic (exact) mass is 512 g/mol. The molecule has 2 aliphatic rings. The lowest BCUT2D eigenvalue weighted by atomic mass is 10.0. The van der Waals surface area contributed by atoms with E-state index in [2.05, 4.69) is 9.97 Å². The van der Waals surface area contributed by atoms with Crippen molar-refractivity contribution in [1.29, 1.82) is 0 Å². The topological polar surface area (TPSA) is 97.0 Å². The van der Waals surface area contributed by atoms with Gasteiger partial charge in [-0.2, -0.15) is 13.2 Å². The number of aliphatic carboxylic acids is 1. The molecular formula is C23H21F5N4O4. The molecule has 1 amide bonds. The van der Waals surface area contributed by atoms with Crippen molar-refractivity contribution >= 4 is 17.5 Å². The van der Waals surface area contributed by atoms with Gasteiger partial charge >= 0.3 is 12.1 Å². The van der Waals surface area contributed by atoms with Crippen LogP contribution in [-0.4, -0.2) is 67.5 Å². The third-order valence-electron chi connectivity index (χ3n) is 5.92. The molecule has 0 saturated carbocycles. The Bertz CT molecular complexity index is 1280. The average Bonchev–Trinajstić information content (AvgIpc) is 3.48. The van der Waals surface area contributed by atoms with Gasteiger partial charge in [0, 0.05) is 43.3 Å².